The van der Waals surface area contributed by atoms with Crippen molar-refractivity contribution in [2.24, 2.45) is 0 Å². The van der Waals surface area contributed by atoms with Gasteiger partial charge in [-0.3, -0.25) is 4.79 Å². The second-order valence-electron chi connectivity index (χ2n) is 5.59. The van der Waals surface area contributed by atoms with Gasteiger partial charge < -0.3 is 15.5 Å². The predicted molar refractivity (Wildman–Crippen MR) is 88.8 cm³/mol. The third-order valence-electron chi connectivity index (χ3n) is 3.48. The Morgan fingerprint density at radius 3 is 2.52 bits per heavy atom. The summed E-state index contributed by atoms with van der Waals surface area (Å²) < 4.78 is 13.4. The Balaban J connectivity index is 2.56. The summed E-state index contributed by atoms with van der Waals surface area (Å²) in [7, 11) is 1.57. The molecule has 23 heavy (non-hydrogen) atoms. The molecule has 0 aliphatic carbocycles. The molecule has 1 aromatic rings. The van der Waals surface area contributed by atoms with Crippen molar-refractivity contribution < 1.29 is 14.0 Å². The molecule has 1 rings (SSSR count). The quantitative estimate of drug-likeness (QED) is 0.834. The van der Waals surface area contributed by atoms with E-state index in [-0.39, 0.29) is 23.5 Å². The first kappa shape index (κ1) is 19.2. The van der Waals surface area contributed by atoms with Crippen LogP contribution in [0.2, 0.25) is 5.02 Å². The summed E-state index contributed by atoms with van der Waals surface area (Å²) in [6.45, 7) is 5.69. The summed E-state index contributed by atoms with van der Waals surface area (Å²) in [5.74, 6) is -0.766. The summed E-state index contributed by atoms with van der Waals surface area (Å²) in [5.41, 5.74) is 0.612. The molecule has 0 aromatic heterocycles. The van der Waals surface area contributed by atoms with E-state index in [1.165, 1.54) is 17.0 Å². The summed E-state index contributed by atoms with van der Waals surface area (Å²) in [6.07, 6.45) is 0.814. The van der Waals surface area contributed by atoms with Crippen molar-refractivity contribution in [3.05, 3.63) is 34.6 Å². The van der Waals surface area contributed by atoms with Gasteiger partial charge in [-0.15, -0.1) is 0 Å². The molecule has 3 amide bonds. The standard InChI is InChI=1S/C16H23ClFN3O2/c1-5-10(2)19-15(22)11(3)20-16(23)21(4)9-12-6-7-13(17)14(18)8-12/h6-8,10-11H,5,9H2,1-4H3,(H,19,22)(H,20,23)/t10-,11-/m0/s1. The molecule has 0 heterocycles. The van der Waals surface area contributed by atoms with Crippen molar-refractivity contribution in [1.29, 1.82) is 0 Å². The first-order valence-corrected chi connectivity index (χ1v) is 7.88. The number of carbonyl (C=O) groups is 2. The summed E-state index contributed by atoms with van der Waals surface area (Å²) >= 11 is 5.62. The van der Waals surface area contributed by atoms with Crippen LogP contribution in [-0.4, -0.2) is 36.0 Å². The third kappa shape index (κ3) is 6.06. The van der Waals surface area contributed by atoms with Crippen molar-refractivity contribution in [3.63, 3.8) is 0 Å². The largest absolute Gasteiger partial charge is 0.352 e. The van der Waals surface area contributed by atoms with Gasteiger partial charge in [-0.05, 0) is 38.0 Å². The van der Waals surface area contributed by atoms with Crippen LogP contribution in [0.4, 0.5) is 9.18 Å². The number of nitrogens with one attached hydrogen (secondary N) is 2. The molecule has 7 heteroatoms. The first-order valence-electron chi connectivity index (χ1n) is 7.50. The van der Waals surface area contributed by atoms with E-state index in [0.717, 1.165) is 6.42 Å². The van der Waals surface area contributed by atoms with E-state index in [9.17, 15) is 14.0 Å². The number of amides is 3. The minimum absolute atomic E-state index is 0.0381. The molecule has 0 aliphatic rings. The maximum absolute atomic E-state index is 13.4. The van der Waals surface area contributed by atoms with E-state index >= 15 is 0 Å². The molecule has 0 spiro atoms. The van der Waals surface area contributed by atoms with Gasteiger partial charge in [0.25, 0.3) is 0 Å². The number of hydrogen-bond donors (Lipinski definition) is 2. The van der Waals surface area contributed by atoms with Crippen molar-refractivity contribution in [3.8, 4) is 0 Å². The highest BCUT2D eigenvalue weighted by Crippen LogP contribution is 2.16. The second-order valence-corrected chi connectivity index (χ2v) is 6.00. The number of halogens is 2. The fourth-order valence-corrected chi connectivity index (χ4v) is 1.93. The van der Waals surface area contributed by atoms with Gasteiger partial charge in [0.15, 0.2) is 0 Å². The maximum Gasteiger partial charge on any atom is 0.318 e. The van der Waals surface area contributed by atoms with E-state index in [4.69, 9.17) is 11.6 Å². The molecule has 128 valence electrons. The van der Waals surface area contributed by atoms with Crippen LogP contribution < -0.4 is 10.6 Å². The van der Waals surface area contributed by atoms with Crippen molar-refractivity contribution in [2.45, 2.75) is 45.8 Å². The van der Waals surface area contributed by atoms with Gasteiger partial charge in [-0.25, -0.2) is 9.18 Å². The SMILES string of the molecule is CC[C@H](C)NC(=O)[C@H](C)NC(=O)N(C)Cc1ccc(Cl)c(F)c1. The minimum atomic E-state index is -0.652. The number of urea groups is 1. The number of benzene rings is 1. The molecule has 0 bridgehead atoms. The normalized spacial score (nSPS) is 13.1. The number of nitrogens with zero attached hydrogens (tertiary/aromatic N) is 1. The second kappa shape index (κ2) is 8.72. The van der Waals surface area contributed by atoms with E-state index in [1.807, 2.05) is 13.8 Å². The topological polar surface area (TPSA) is 61.4 Å². The average Bonchev–Trinajstić information content (AvgIpc) is 2.50. The molecule has 2 atom stereocenters. The molecule has 1 aromatic carbocycles. The maximum atomic E-state index is 13.4. The van der Waals surface area contributed by atoms with Gasteiger partial charge in [0.2, 0.25) is 5.91 Å². The molecule has 0 saturated carbocycles. The highest BCUT2D eigenvalue weighted by Gasteiger charge is 2.19. The summed E-state index contributed by atoms with van der Waals surface area (Å²) in [4.78, 5) is 25.4. The lowest BCUT2D eigenvalue weighted by molar-refractivity contribution is -0.123. The van der Waals surface area contributed by atoms with Crippen LogP contribution in [0.15, 0.2) is 18.2 Å². The smallest absolute Gasteiger partial charge is 0.318 e. The molecule has 0 radical (unpaired) electrons. The minimum Gasteiger partial charge on any atom is -0.352 e. The Hall–Kier alpha value is -1.82. The number of carbonyl (C=O) groups excluding carboxylic acids is 2. The molecule has 5 nitrogen and oxygen atoms in total. The van der Waals surface area contributed by atoms with Gasteiger partial charge in [-0.1, -0.05) is 24.6 Å². The Morgan fingerprint density at radius 2 is 1.96 bits per heavy atom. The monoisotopic (exact) mass is 343 g/mol. The predicted octanol–water partition coefficient (Wildman–Crippen LogP) is 2.92. The van der Waals surface area contributed by atoms with Crippen LogP contribution in [0.3, 0.4) is 0 Å². The van der Waals surface area contributed by atoms with Gasteiger partial charge in [-0.2, -0.15) is 0 Å². The molecule has 0 saturated heterocycles. The van der Waals surface area contributed by atoms with Crippen LogP contribution in [0, 0.1) is 5.82 Å². The van der Waals surface area contributed by atoms with E-state index in [2.05, 4.69) is 10.6 Å². The molecule has 0 aliphatic heterocycles. The molecule has 2 N–H and O–H groups in total. The van der Waals surface area contributed by atoms with E-state index < -0.39 is 17.9 Å². The zero-order valence-electron chi connectivity index (χ0n) is 13.8. The Morgan fingerprint density at radius 1 is 1.30 bits per heavy atom. The average molecular weight is 344 g/mol. The van der Waals surface area contributed by atoms with Crippen molar-refractivity contribution >= 4 is 23.5 Å². The van der Waals surface area contributed by atoms with Gasteiger partial charge in [0.1, 0.15) is 11.9 Å². The lowest BCUT2D eigenvalue weighted by Gasteiger charge is -2.22. The third-order valence-corrected chi connectivity index (χ3v) is 3.79. The fourth-order valence-electron chi connectivity index (χ4n) is 1.81. The van der Waals surface area contributed by atoms with Crippen LogP contribution in [0.1, 0.15) is 32.8 Å². The van der Waals surface area contributed by atoms with E-state index in [0.29, 0.717) is 5.56 Å². The summed E-state index contributed by atoms with van der Waals surface area (Å²) in [5, 5.41) is 5.45. The molecule has 0 fully saturated rings. The van der Waals surface area contributed by atoms with Crippen molar-refractivity contribution in [2.75, 3.05) is 7.05 Å². The van der Waals surface area contributed by atoms with Gasteiger partial charge >= 0.3 is 6.03 Å². The van der Waals surface area contributed by atoms with E-state index in [1.54, 1.807) is 20.0 Å². The molecular formula is C16H23ClFN3O2. The van der Waals surface area contributed by atoms with Crippen molar-refractivity contribution in [1.82, 2.24) is 15.5 Å². The number of hydrogen-bond acceptors (Lipinski definition) is 2. The van der Waals surface area contributed by atoms with Gasteiger partial charge in [0.05, 0.1) is 5.02 Å². The first-order chi connectivity index (χ1) is 10.7. The van der Waals surface area contributed by atoms with Crippen LogP contribution in [-0.2, 0) is 11.3 Å². The van der Waals surface area contributed by atoms with Crippen LogP contribution in [0.25, 0.3) is 0 Å². The molecular weight excluding hydrogens is 321 g/mol. The van der Waals surface area contributed by atoms with Crippen LogP contribution >= 0.6 is 11.6 Å². The fraction of sp³-hybridized carbons (Fsp3) is 0.500. The Labute approximate surface area is 141 Å². The Kier molecular flexibility index (Phi) is 7.29. The van der Waals surface area contributed by atoms with Crippen LogP contribution in [0.5, 0.6) is 0 Å². The zero-order valence-corrected chi connectivity index (χ0v) is 14.6. The molecule has 0 unspecified atom stereocenters. The Bertz CT molecular complexity index is 568. The highest BCUT2D eigenvalue weighted by molar-refractivity contribution is 6.30. The summed E-state index contributed by atoms with van der Waals surface area (Å²) in [6, 6.07) is 3.37. The van der Waals surface area contributed by atoms with Gasteiger partial charge in [0, 0.05) is 19.6 Å². The number of rotatable bonds is 6. The lowest BCUT2D eigenvalue weighted by atomic mass is 10.2. The lowest BCUT2D eigenvalue weighted by Crippen LogP contribution is -2.50. The highest BCUT2D eigenvalue weighted by atomic mass is 35.5. The zero-order chi connectivity index (χ0) is 17.6.